The Morgan fingerprint density at radius 3 is 2.65 bits per heavy atom. The van der Waals surface area contributed by atoms with Gasteiger partial charge in [0.25, 0.3) is 0 Å². The fraction of sp³-hybridized carbons (Fsp3) is 0.250. The highest BCUT2D eigenvalue weighted by molar-refractivity contribution is 5.45. The van der Waals surface area contributed by atoms with Crippen molar-refractivity contribution < 1.29 is 14.2 Å². The van der Waals surface area contributed by atoms with Gasteiger partial charge in [0.2, 0.25) is 0 Å². The Morgan fingerprint density at radius 2 is 1.90 bits per heavy atom. The van der Waals surface area contributed by atoms with E-state index in [0.717, 1.165) is 24.2 Å². The molecule has 2 aromatic carbocycles. The third kappa shape index (κ3) is 4.55. The molecule has 0 saturated heterocycles. The van der Waals surface area contributed by atoms with Crippen LogP contribution < -0.4 is 10.1 Å². The maximum absolute atomic E-state index is 12.7. The minimum Gasteiger partial charge on any atom is -0.494 e. The third-order valence-corrected chi connectivity index (χ3v) is 2.84. The van der Waals surface area contributed by atoms with Gasteiger partial charge in [-0.3, -0.25) is 0 Å². The minimum absolute atomic E-state index is 0.0448. The van der Waals surface area contributed by atoms with Crippen molar-refractivity contribution >= 4 is 5.69 Å². The van der Waals surface area contributed by atoms with Crippen molar-refractivity contribution in [3.63, 3.8) is 0 Å². The lowest BCUT2D eigenvalue weighted by molar-refractivity contribution is 0.282. The van der Waals surface area contributed by atoms with Gasteiger partial charge in [-0.1, -0.05) is 12.1 Å². The van der Waals surface area contributed by atoms with Gasteiger partial charge in [0.05, 0.1) is 13.2 Å². The lowest BCUT2D eigenvalue weighted by Gasteiger charge is -2.09. The minimum atomic E-state index is -0.261. The number of halogens is 1. The number of aliphatic hydroxyl groups is 1. The molecule has 0 saturated carbocycles. The Kier molecular flexibility index (Phi) is 5.38. The number of hydrogen-bond donors (Lipinski definition) is 2. The maximum atomic E-state index is 12.7. The fourth-order valence-corrected chi connectivity index (χ4v) is 1.81. The SMILES string of the molecule is OCc1cccc(NCCCOc2ccc(F)cc2)c1. The monoisotopic (exact) mass is 275 g/mol. The van der Waals surface area contributed by atoms with Crippen molar-refractivity contribution in [2.24, 2.45) is 0 Å². The molecule has 0 bridgehead atoms. The molecular formula is C16H18FNO2. The van der Waals surface area contributed by atoms with Gasteiger partial charge < -0.3 is 15.2 Å². The molecule has 0 aliphatic carbocycles. The Labute approximate surface area is 118 Å². The van der Waals surface area contributed by atoms with Crippen LogP contribution in [0.1, 0.15) is 12.0 Å². The van der Waals surface area contributed by atoms with Crippen LogP contribution in [0.4, 0.5) is 10.1 Å². The average Bonchev–Trinajstić information content (AvgIpc) is 2.49. The zero-order valence-electron chi connectivity index (χ0n) is 11.2. The predicted molar refractivity (Wildman–Crippen MR) is 77.4 cm³/mol. The van der Waals surface area contributed by atoms with Gasteiger partial charge in [-0.15, -0.1) is 0 Å². The lowest BCUT2D eigenvalue weighted by atomic mass is 10.2. The molecule has 0 aliphatic rings. The van der Waals surface area contributed by atoms with Crippen LogP contribution in [-0.2, 0) is 6.61 Å². The van der Waals surface area contributed by atoms with Gasteiger partial charge in [0, 0.05) is 12.2 Å². The summed E-state index contributed by atoms with van der Waals surface area (Å²) in [5.74, 6) is 0.413. The number of nitrogens with one attached hydrogen (secondary N) is 1. The number of hydrogen-bond acceptors (Lipinski definition) is 3. The third-order valence-electron chi connectivity index (χ3n) is 2.84. The summed E-state index contributed by atoms with van der Waals surface area (Å²) < 4.78 is 18.2. The van der Waals surface area contributed by atoms with E-state index in [1.807, 2.05) is 24.3 Å². The lowest BCUT2D eigenvalue weighted by Crippen LogP contribution is -2.07. The maximum Gasteiger partial charge on any atom is 0.123 e. The number of ether oxygens (including phenoxy) is 1. The molecule has 0 atom stereocenters. The van der Waals surface area contributed by atoms with Gasteiger partial charge in [-0.05, 0) is 48.4 Å². The van der Waals surface area contributed by atoms with Crippen LogP contribution in [0.3, 0.4) is 0 Å². The van der Waals surface area contributed by atoms with Gasteiger partial charge in [-0.25, -0.2) is 4.39 Å². The molecule has 3 nitrogen and oxygen atoms in total. The second-order valence-corrected chi connectivity index (χ2v) is 4.44. The van der Waals surface area contributed by atoms with E-state index in [0.29, 0.717) is 12.4 Å². The van der Waals surface area contributed by atoms with Crippen LogP contribution >= 0.6 is 0 Å². The molecule has 0 fully saturated rings. The zero-order chi connectivity index (χ0) is 14.2. The average molecular weight is 275 g/mol. The number of rotatable bonds is 7. The first kappa shape index (κ1) is 14.3. The number of benzene rings is 2. The van der Waals surface area contributed by atoms with Crippen LogP contribution in [0.25, 0.3) is 0 Å². The van der Waals surface area contributed by atoms with Crippen molar-refractivity contribution in [3.05, 3.63) is 59.9 Å². The molecule has 0 aromatic heterocycles. The van der Waals surface area contributed by atoms with Crippen molar-refractivity contribution in [1.29, 1.82) is 0 Å². The summed E-state index contributed by atoms with van der Waals surface area (Å²) in [6.07, 6.45) is 0.834. The van der Waals surface area contributed by atoms with Crippen LogP contribution in [0.5, 0.6) is 5.75 Å². The Morgan fingerprint density at radius 1 is 1.10 bits per heavy atom. The zero-order valence-corrected chi connectivity index (χ0v) is 11.2. The van der Waals surface area contributed by atoms with Crippen molar-refractivity contribution in [2.75, 3.05) is 18.5 Å². The van der Waals surface area contributed by atoms with E-state index >= 15 is 0 Å². The molecule has 0 spiro atoms. The van der Waals surface area contributed by atoms with Gasteiger partial charge >= 0.3 is 0 Å². The first-order valence-electron chi connectivity index (χ1n) is 6.60. The number of anilines is 1. The first-order valence-corrected chi connectivity index (χ1v) is 6.60. The van der Waals surface area contributed by atoms with Crippen molar-refractivity contribution in [3.8, 4) is 5.75 Å². The highest BCUT2D eigenvalue weighted by Gasteiger charge is 1.96. The molecule has 2 aromatic rings. The standard InChI is InChI=1S/C16H18FNO2/c17-14-5-7-16(8-6-14)20-10-2-9-18-15-4-1-3-13(11-15)12-19/h1,3-8,11,18-19H,2,9-10,12H2. The van der Waals surface area contributed by atoms with Gasteiger partial charge in [0.1, 0.15) is 11.6 Å². The summed E-state index contributed by atoms with van der Waals surface area (Å²) in [4.78, 5) is 0. The molecular weight excluding hydrogens is 257 g/mol. The molecule has 2 N–H and O–H groups in total. The Hall–Kier alpha value is -2.07. The van der Waals surface area contributed by atoms with E-state index in [4.69, 9.17) is 9.84 Å². The second-order valence-electron chi connectivity index (χ2n) is 4.44. The fourth-order valence-electron chi connectivity index (χ4n) is 1.81. The molecule has 20 heavy (non-hydrogen) atoms. The highest BCUT2D eigenvalue weighted by atomic mass is 19.1. The highest BCUT2D eigenvalue weighted by Crippen LogP contribution is 2.12. The molecule has 4 heteroatoms. The molecule has 106 valence electrons. The number of aliphatic hydroxyl groups excluding tert-OH is 1. The van der Waals surface area contributed by atoms with E-state index in [9.17, 15) is 4.39 Å². The molecule has 2 rings (SSSR count). The first-order chi connectivity index (χ1) is 9.78. The van der Waals surface area contributed by atoms with Crippen LogP contribution in [0.2, 0.25) is 0 Å². The quantitative estimate of drug-likeness (QED) is 0.762. The van der Waals surface area contributed by atoms with E-state index in [-0.39, 0.29) is 12.4 Å². The summed E-state index contributed by atoms with van der Waals surface area (Å²) in [6.45, 7) is 1.39. The van der Waals surface area contributed by atoms with Gasteiger partial charge in [0.15, 0.2) is 0 Å². The van der Waals surface area contributed by atoms with E-state index in [2.05, 4.69) is 5.32 Å². The summed E-state index contributed by atoms with van der Waals surface area (Å²) >= 11 is 0. The van der Waals surface area contributed by atoms with Crippen LogP contribution in [-0.4, -0.2) is 18.3 Å². The van der Waals surface area contributed by atoms with Gasteiger partial charge in [-0.2, -0.15) is 0 Å². The van der Waals surface area contributed by atoms with E-state index in [1.54, 1.807) is 12.1 Å². The topological polar surface area (TPSA) is 41.5 Å². The molecule has 0 radical (unpaired) electrons. The largest absolute Gasteiger partial charge is 0.494 e. The van der Waals surface area contributed by atoms with Crippen molar-refractivity contribution in [1.82, 2.24) is 0 Å². The molecule has 0 aliphatic heterocycles. The summed E-state index contributed by atoms with van der Waals surface area (Å²) in [6, 6.07) is 13.7. The van der Waals surface area contributed by atoms with E-state index < -0.39 is 0 Å². The van der Waals surface area contributed by atoms with Crippen LogP contribution in [0, 0.1) is 5.82 Å². The van der Waals surface area contributed by atoms with Crippen LogP contribution in [0.15, 0.2) is 48.5 Å². The summed E-state index contributed by atoms with van der Waals surface area (Å²) in [5, 5.41) is 12.3. The molecule has 0 amide bonds. The predicted octanol–water partition coefficient (Wildman–Crippen LogP) is 3.20. The molecule has 0 heterocycles. The Balaban J connectivity index is 1.67. The summed E-state index contributed by atoms with van der Waals surface area (Å²) in [5.41, 5.74) is 1.87. The second kappa shape index (κ2) is 7.50. The van der Waals surface area contributed by atoms with E-state index in [1.165, 1.54) is 12.1 Å². The Bertz CT molecular complexity index is 528. The normalized spacial score (nSPS) is 10.3. The smallest absolute Gasteiger partial charge is 0.123 e. The van der Waals surface area contributed by atoms with Crippen molar-refractivity contribution in [2.45, 2.75) is 13.0 Å². The summed E-state index contributed by atoms with van der Waals surface area (Å²) in [7, 11) is 0. The molecule has 0 unspecified atom stereocenters.